The summed E-state index contributed by atoms with van der Waals surface area (Å²) in [6, 6.07) is 2.25. The van der Waals surface area contributed by atoms with Gasteiger partial charge < -0.3 is 14.7 Å². The van der Waals surface area contributed by atoms with Crippen molar-refractivity contribution in [2.45, 2.75) is 110 Å². The van der Waals surface area contributed by atoms with Crippen LogP contribution in [0, 0.1) is 17.8 Å². The molecular formula is C32H42Cl2F3N3O4. The second-order valence-electron chi connectivity index (χ2n) is 13.4. The number of carbonyl (C=O) groups is 2. The first-order valence-corrected chi connectivity index (χ1v) is 16.0. The van der Waals surface area contributed by atoms with Gasteiger partial charge in [-0.05, 0) is 95.2 Å². The van der Waals surface area contributed by atoms with E-state index >= 15 is 0 Å². The summed E-state index contributed by atoms with van der Waals surface area (Å²) in [6.07, 6.45) is -1.28. The number of carbonyl (C=O) groups excluding carboxylic acids is 2. The van der Waals surface area contributed by atoms with Crippen molar-refractivity contribution in [2.24, 2.45) is 10.8 Å². The minimum atomic E-state index is -4.87. The summed E-state index contributed by atoms with van der Waals surface area (Å²) < 4.78 is 50.3. The maximum atomic E-state index is 14.7. The molecule has 1 N–H and O–H groups in total. The van der Waals surface area contributed by atoms with Gasteiger partial charge in [-0.2, -0.15) is 18.3 Å². The third kappa shape index (κ3) is 7.39. The van der Waals surface area contributed by atoms with Gasteiger partial charge in [0.25, 0.3) is 5.91 Å². The Morgan fingerprint density at radius 3 is 2.18 bits per heavy atom. The Bertz CT molecular complexity index is 1340. The lowest BCUT2D eigenvalue weighted by Gasteiger charge is -2.41. The summed E-state index contributed by atoms with van der Waals surface area (Å²) in [6.45, 7) is 9.48. The molecule has 2 saturated carbocycles. The van der Waals surface area contributed by atoms with Crippen LogP contribution in [0.15, 0.2) is 18.3 Å². The van der Waals surface area contributed by atoms with Crippen LogP contribution in [0.1, 0.15) is 118 Å². The van der Waals surface area contributed by atoms with Crippen LogP contribution in [-0.2, 0) is 15.7 Å². The SMILES string of the molecule is CCOC(=O)[C@]1(C)CC[C@@H](n2ncc(C(=O)N(CC(O)c3c(Cl)cc(C)cc3Cl)C3CCC(C)(C)CC3)c2C(F)(F)F)CC1. The van der Waals surface area contributed by atoms with E-state index in [1.165, 1.54) is 4.90 Å². The van der Waals surface area contributed by atoms with Crippen molar-refractivity contribution in [3.63, 3.8) is 0 Å². The Morgan fingerprint density at radius 1 is 1.09 bits per heavy atom. The Labute approximate surface area is 267 Å². The lowest BCUT2D eigenvalue weighted by Crippen LogP contribution is -2.46. The summed E-state index contributed by atoms with van der Waals surface area (Å²) >= 11 is 12.9. The van der Waals surface area contributed by atoms with Gasteiger partial charge in [0.2, 0.25) is 0 Å². The van der Waals surface area contributed by atoms with Crippen molar-refractivity contribution in [1.29, 1.82) is 0 Å². The molecule has 0 radical (unpaired) electrons. The number of hydrogen-bond donors (Lipinski definition) is 1. The third-order valence-corrected chi connectivity index (χ3v) is 10.0. The van der Waals surface area contributed by atoms with Crippen molar-refractivity contribution in [2.75, 3.05) is 13.2 Å². The van der Waals surface area contributed by atoms with Crippen LogP contribution < -0.4 is 0 Å². The number of ether oxygens (including phenoxy) is 1. The maximum Gasteiger partial charge on any atom is 0.433 e. The van der Waals surface area contributed by atoms with Crippen molar-refractivity contribution in [3.05, 3.63) is 50.8 Å². The molecule has 2 aliphatic rings. The van der Waals surface area contributed by atoms with Crippen LogP contribution in [0.3, 0.4) is 0 Å². The normalized spacial score (nSPS) is 23.3. The lowest BCUT2D eigenvalue weighted by atomic mass is 9.74. The standard InChI is InChI=1S/C32H42Cl2F3N3O4/c1-6-44-29(43)31(5)13-9-21(10-14-31)40-27(32(35,36)37)22(17-38-40)28(42)39(20-7-11-30(3,4)12-8-20)18-25(41)26-23(33)15-19(2)16-24(26)34/h15-17,20-21,25,41H,6-14,18H2,1-5H3/t21-,25?,31-. The van der Waals surface area contributed by atoms with Crippen molar-refractivity contribution in [3.8, 4) is 0 Å². The molecule has 44 heavy (non-hydrogen) atoms. The molecule has 4 rings (SSSR count). The van der Waals surface area contributed by atoms with Crippen molar-refractivity contribution >= 4 is 35.1 Å². The molecule has 244 valence electrons. The van der Waals surface area contributed by atoms with Gasteiger partial charge in [-0.15, -0.1) is 0 Å². The molecular weight excluding hydrogens is 618 g/mol. The highest BCUT2D eigenvalue weighted by molar-refractivity contribution is 6.36. The molecule has 7 nitrogen and oxygen atoms in total. The molecule has 0 saturated heterocycles. The number of nitrogens with zero attached hydrogens (tertiary/aromatic N) is 3. The number of aliphatic hydroxyl groups is 1. The predicted molar refractivity (Wildman–Crippen MR) is 163 cm³/mol. The average molecular weight is 661 g/mol. The number of amides is 1. The van der Waals surface area contributed by atoms with Gasteiger partial charge in [0.1, 0.15) is 0 Å². The fourth-order valence-electron chi connectivity index (χ4n) is 6.63. The monoisotopic (exact) mass is 659 g/mol. The van der Waals surface area contributed by atoms with Crippen LogP contribution in [0.5, 0.6) is 0 Å². The fourth-order valence-corrected chi connectivity index (χ4v) is 7.48. The topological polar surface area (TPSA) is 84.7 Å². The first-order valence-electron chi connectivity index (χ1n) is 15.2. The number of alkyl halides is 3. The number of esters is 1. The Morgan fingerprint density at radius 2 is 1.66 bits per heavy atom. The Balaban J connectivity index is 1.67. The summed E-state index contributed by atoms with van der Waals surface area (Å²) in [5.74, 6) is -1.21. The number of rotatable bonds is 8. The molecule has 1 amide bonds. The van der Waals surface area contributed by atoms with Gasteiger partial charge in [-0.25, -0.2) is 0 Å². The highest BCUT2D eigenvalue weighted by atomic mass is 35.5. The Kier molecular flexibility index (Phi) is 10.4. The molecule has 2 fully saturated rings. The van der Waals surface area contributed by atoms with Gasteiger partial charge in [0.05, 0.1) is 42.5 Å². The minimum Gasteiger partial charge on any atom is -0.466 e. The summed E-state index contributed by atoms with van der Waals surface area (Å²) in [7, 11) is 0. The number of aromatic nitrogens is 2. The molecule has 1 heterocycles. The van der Waals surface area contributed by atoms with Crippen LogP contribution >= 0.6 is 23.2 Å². The molecule has 0 spiro atoms. The van der Waals surface area contributed by atoms with Gasteiger partial charge >= 0.3 is 12.1 Å². The molecule has 1 atom stereocenters. The van der Waals surface area contributed by atoms with E-state index in [0.29, 0.717) is 25.7 Å². The zero-order valence-corrected chi connectivity index (χ0v) is 27.5. The molecule has 1 aromatic carbocycles. The fraction of sp³-hybridized carbons (Fsp3) is 0.656. The van der Waals surface area contributed by atoms with E-state index in [1.54, 1.807) is 32.9 Å². The molecule has 12 heteroatoms. The summed E-state index contributed by atoms with van der Waals surface area (Å²) in [5, 5.41) is 15.8. The lowest BCUT2D eigenvalue weighted by molar-refractivity contribution is -0.157. The van der Waals surface area contributed by atoms with E-state index < -0.39 is 46.9 Å². The first-order chi connectivity index (χ1) is 20.5. The molecule has 1 unspecified atom stereocenters. The molecule has 0 bridgehead atoms. The quantitative estimate of drug-likeness (QED) is 0.288. The van der Waals surface area contributed by atoms with E-state index in [1.807, 2.05) is 0 Å². The molecule has 2 aromatic rings. The van der Waals surface area contributed by atoms with Gasteiger partial charge in [-0.1, -0.05) is 37.0 Å². The average Bonchev–Trinajstić information content (AvgIpc) is 3.38. The van der Waals surface area contributed by atoms with Crippen LogP contribution in [-0.4, -0.2) is 50.9 Å². The maximum absolute atomic E-state index is 14.7. The van der Waals surface area contributed by atoms with Gasteiger partial charge in [-0.3, -0.25) is 14.3 Å². The number of benzene rings is 1. The predicted octanol–water partition coefficient (Wildman–Crippen LogP) is 8.35. The smallest absolute Gasteiger partial charge is 0.433 e. The Hall–Kier alpha value is -2.30. The highest BCUT2D eigenvalue weighted by Gasteiger charge is 2.46. The first kappa shape index (κ1) is 34.6. The van der Waals surface area contributed by atoms with Gasteiger partial charge in [0.15, 0.2) is 5.69 Å². The summed E-state index contributed by atoms with van der Waals surface area (Å²) in [5.41, 5.74) is -1.41. The summed E-state index contributed by atoms with van der Waals surface area (Å²) in [4.78, 5) is 28.0. The number of halogens is 5. The molecule has 1 aromatic heterocycles. The second kappa shape index (κ2) is 13.2. The minimum absolute atomic E-state index is 0.0362. The third-order valence-electron chi connectivity index (χ3n) is 9.40. The molecule has 0 aliphatic heterocycles. The van der Waals surface area contributed by atoms with E-state index in [9.17, 15) is 27.9 Å². The highest BCUT2D eigenvalue weighted by Crippen LogP contribution is 2.45. The van der Waals surface area contributed by atoms with Crippen molar-refractivity contribution < 1.29 is 32.6 Å². The van der Waals surface area contributed by atoms with Crippen LogP contribution in [0.4, 0.5) is 13.2 Å². The van der Waals surface area contributed by atoms with Gasteiger partial charge in [0, 0.05) is 21.7 Å². The van der Waals surface area contributed by atoms with E-state index in [0.717, 1.165) is 29.3 Å². The van der Waals surface area contributed by atoms with Crippen LogP contribution in [0.25, 0.3) is 0 Å². The zero-order valence-electron chi connectivity index (χ0n) is 25.9. The van der Waals surface area contributed by atoms with E-state index in [2.05, 4.69) is 18.9 Å². The van der Waals surface area contributed by atoms with E-state index in [4.69, 9.17) is 27.9 Å². The second-order valence-corrected chi connectivity index (χ2v) is 14.2. The van der Waals surface area contributed by atoms with E-state index in [-0.39, 0.29) is 53.0 Å². The molecule has 2 aliphatic carbocycles. The van der Waals surface area contributed by atoms with Crippen molar-refractivity contribution in [1.82, 2.24) is 14.7 Å². The number of hydrogen-bond acceptors (Lipinski definition) is 5. The number of aliphatic hydroxyl groups excluding tert-OH is 1. The van der Waals surface area contributed by atoms with Crippen LogP contribution in [0.2, 0.25) is 10.0 Å². The number of aryl methyl sites for hydroxylation is 1. The largest absolute Gasteiger partial charge is 0.466 e. The zero-order chi connectivity index (χ0) is 32.6.